The van der Waals surface area contributed by atoms with Gasteiger partial charge in [-0.15, -0.1) is 16.4 Å². The highest BCUT2D eigenvalue weighted by atomic mass is 32.1. The lowest BCUT2D eigenvalue weighted by molar-refractivity contribution is 0.0621. The van der Waals surface area contributed by atoms with Crippen molar-refractivity contribution in [3.05, 3.63) is 52.2 Å². The van der Waals surface area contributed by atoms with Crippen LogP contribution in [0.3, 0.4) is 0 Å². The number of hydrogen-bond acceptors (Lipinski definition) is 8. The Morgan fingerprint density at radius 2 is 2.00 bits per heavy atom. The van der Waals surface area contributed by atoms with E-state index in [9.17, 15) is 4.79 Å². The first-order chi connectivity index (χ1) is 15.1. The number of carbonyl (C=O) groups is 1. The van der Waals surface area contributed by atoms with Crippen molar-refractivity contribution in [1.29, 1.82) is 0 Å². The average molecular weight is 441 g/mol. The maximum Gasteiger partial charge on any atom is 0.276 e. The first-order valence-corrected chi connectivity index (χ1v) is 11.2. The number of thiazole rings is 1. The molecule has 4 heterocycles. The summed E-state index contributed by atoms with van der Waals surface area (Å²) < 4.78 is 13.4. The molecular weight excluding hydrogens is 416 g/mol. The van der Waals surface area contributed by atoms with Gasteiger partial charge in [0.2, 0.25) is 0 Å². The monoisotopic (exact) mass is 440 g/mol. The highest BCUT2D eigenvalue weighted by Crippen LogP contribution is 2.31. The minimum Gasteiger partial charge on any atom is -0.486 e. The Labute approximate surface area is 184 Å². The number of rotatable bonds is 5. The lowest BCUT2D eigenvalue weighted by atomic mass is 10.2. The van der Waals surface area contributed by atoms with E-state index in [4.69, 9.17) is 9.47 Å². The van der Waals surface area contributed by atoms with Crippen LogP contribution in [0.15, 0.2) is 35.8 Å². The van der Waals surface area contributed by atoms with Gasteiger partial charge in [-0.2, -0.15) is 0 Å². The third-order valence-electron chi connectivity index (χ3n) is 5.43. The van der Waals surface area contributed by atoms with Gasteiger partial charge in [-0.1, -0.05) is 17.3 Å². The Kier molecular flexibility index (Phi) is 5.56. The molecule has 1 amide bonds. The molecule has 1 aromatic carbocycles. The summed E-state index contributed by atoms with van der Waals surface area (Å²) in [6, 6.07) is 7.59. The molecule has 0 radical (unpaired) electrons. The van der Waals surface area contributed by atoms with E-state index in [-0.39, 0.29) is 12.0 Å². The molecular formula is C21H24N6O3S. The van der Waals surface area contributed by atoms with Crippen LogP contribution in [-0.4, -0.2) is 74.6 Å². The van der Waals surface area contributed by atoms with E-state index in [2.05, 4.69) is 25.6 Å². The van der Waals surface area contributed by atoms with Crippen LogP contribution >= 0.6 is 11.3 Å². The van der Waals surface area contributed by atoms with Crippen LogP contribution in [0.25, 0.3) is 0 Å². The lowest BCUT2D eigenvalue weighted by Crippen LogP contribution is -2.48. The van der Waals surface area contributed by atoms with Crippen LogP contribution < -0.4 is 9.47 Å². The average Bonchev–Trinajstić information content (AvgIpc) is 3.42. The van der Waals surface area contributed by atoms with Crippen LogP contribution in [-0.2, 0) is 13.1 Å². The minimum absolute atomic E-state index is 0.0819. The Morgan fingerprint density at radius 3 is 2.77 bits per heavy atom. The number of amides is 1. The highest BCUT2D eigenvalue weighted by molar-refractivity contribution is 7.09. The van der Waals surface area contributed by atoms with Crippen LogP contribution in [0.1, 0.15) is 21.2 Å². The standard InChI is InChI=1S/C21H24N6O3S/c1-15-22-16(14-31-15)10-25-6-8-26(9-7-25)21(28)18-12-27(24-23-18)11-17-13-29-19-4-2-3-5-20(19)30-17/h2-5,12,14,17H,6-11,13H2,1H3/t17-/m0/s1. The molecule has 0 saturated carbocycles. The largest absolute Gasteiger partial charge is 0.486 e. The quantitative estimate of drug-likeness (QED) is 0.598. The second-order valence-electron chi connectivity index (χ2n) is 7.75. The van der Waals surface area contributed by atoms with Gasteiger partial charge in [0.25, 0.3) is 5.91 Å². The topological polar surface area (TPSA) is 85.6 Å². The van der Waals surface area contributed by atoms with Crippen LogP contribution in [0.5, 0.6) is 11.5 Å². The van der Waals surface area contributed by atoms with E-state index in [0.717, 1.165) is 41.8 Å². The van der Waals surface area contributed by atoms with Crippen molar-refractivity contribution in [1.82, 2.24) is 29.8 Å². The number of ether oxygens (including phenoxy) is 2. The molecule has 0 spiro atoms. The number of nitrogens with zero attached hydrogens (tertiary/aromatic N) is 6. The molecule has 1 atom stereocenters. The maximum absolute atomic E-state index is 12.9. The van der Waals surface area contributed by atoms with E-state index in [1.807, 2.05) is 36.1 Å². The summed E-state index contributed by atoms with van der Waals surface area (Å²) in [5.41, 5.74) is 1.46. The van der Waals surface area contributed by atoms with Gasteiger partial charge in [0.15, 0.2) is 23.3 Å². The molecule has 0 bridgehead atoms. The molecule has 31 heavy (non-hydrogen) atoms. The number of benzene rings is 1. The molecule has 5 rings (SSSR count). The number of hydrogen-bond donors (Lipinski definition) is 0. The first kappa shape index (κ1) is 20.0. The van der Waals surface area contributed by atoms with Crippen LogP contribution in [0, 0.1) is 6.92 Å². The Morgan fingerprint density at radius 1 is 1.19 bits per heavy atom. The van der Waals surface area contributed by atoms with Crippen molar-refractivity contribution in [3.63, 3.8) is 0 Å². The molecule has 10 heteroatoms. The second-order valence-corrected chi connectivity index (χ2v) is 8.81. The molecule has 1 saturated heterocycles. The fourth-order valence-electron chi connectivity index (χ4n) is 3.83. The van der Waals surface area contributed by atoms with E-state index in [1.165, 1.54) is 0 Å². The fourth-order valence-corrected chi connectivity index (χ4v) is 4.43. The number of para-hydroxylation sites is 2. The molecule has 2 aliphatic rings. The summed E-state index contributed by atoms with van der Waals surface area (Å²) in [5, 5.41) is 11.4. The van der Waals surface area contributed by atoms with Crippen LogP contribution in [0.2, 0.25) is 0 Å². The van der Waals surface area contributed by atoms with Gasteiger partial charge in [-0.25, -0.2) is 9.67 Å². The SMILES string of the molecule is Cc1nc(CN2CCN(C(=O)c3cn(C[C@H]4COc5ccccc5O4)nn3)CC2)cs1. The normalized spacial score (nSPS) is 18.9. The summed E-state index contributed by atoms with van der Waals surface area (Å²) in [6.45, 7) is 6.73. The molecule has 0 N–H and O–H groups in total. The van der Waals surface area contributed by atoms with Crippen molar-refractivity contribution < 1.29 is 14.3 Å². The van der Waals surface area contributed by atoms with Crippen molar-refractivity contribution >= 4 is 17.2 Å². The lowest BCUT2D eigenvalue weighted by Gasteiger charge is -2.33. The third-order valence-corrected chi connectivity index (χ3v) is 6.25. The zero-order valence-electron chi connectivity index (χ0n) is 17.3. The summed E-state index contributed by atoms with van der Waals surface area (Å²) in [5.74, 6) is 1.39. The fraction of sp³-hybridized carbons (Fsp3) is 0.429. The van der Waals surface area contributed by atoms with Gasteiger partial charge in [-0.3, -0.25) is 9.69 Å². The van der Waals surface area contributed by atoms with Gasteiger partial charge < -0.3 is 14.4 Å². The molecule has 2 aliphatic heterocycles. The summed E-state index contributed by atoms with van der Waals surface area (Å²) in [7, 11) is 0. The number of aromatic nitrogens is 4. The molecule has 2 aromatic heterocycles. The van der Waals surface area contributed by atoms with Gasteiger partial charge in [0.05, 0.1) is 23.4 Å². The Bertz CT molecular complexity index is 1060. The third kappa shape index (κ3) is 4.54. The number of carbonyl (C=O) groups excluding carboxylic acids is 1. The highest BCUT2D eigenvalue weighted by Gasteiger charge is 2.26. The van der Waals surface area contributed by atoms with E-state index >= 15 is 0 Å². The van der Waals surface area contributed by atoms with Crippen molar-refractivity contribution in [2.24, 2.45) is 0 Å². The first-order valence-electron chi connectivity index (χ1n) is 10.4. The zero-order valence-corrected chi connectivity index (χ0v) is 18.1. The summed E-state index contributed by atoms with van der Waals surface area (Å²) in [4.78, 5) is 21.6. The zero-order chi connectivity index (χ0) is 21.2. The Balaban J connectivity index is 1.14. The predicted molar refractivity (Wildman–Crippen MR) is 114 cm³/mol. The summed E-state index contributed by atoms with van der Waals surface area (Å²) in [6.07, 6.45) is 1.51. The van der Waals surface area contributed by atoms with Gasteiger partial charge in [-0.05, 0) is 19.1 Å². The maximum atomic E-state index is 12.9. The molecule has 9 nitrogen and oxygen atoms in total. The number of fused-ring (bicyclic) bond motifs is 1. The molecule has 162 valence electrons. The molecule has 3 aromatic rings. The second kappa shape index (κ2) is 8.64. The minimum atomic E-state index is -0.183. The number of aryl methyl sites for hydroxylation is 1. The number of piperazine rings is 1. The van der Waals surface area contributed by atoms with E-state index < -0.39 is 0 Å². The molecule has 0 aliphatic carbocycles. The van der Waals surface area contributed by atoms with Gasteiger partial charge >= 0.3 is 0 Å². The smallest absolute Gasteiger partial charge is 0.276 e. The molecule has 0 unspecified atom stereocenters. The van der Waals surface area contributed by atoms with Gasteiger partial charge in [0, 0.05) is 38.1 Å². The van der Waals surface area contributed by atoms with Crippen molar-refractivity contribution in [2.45, 2.75) is 26.1 Å². The summed E-state index contributed by atoms with van der Waals surface area (Å²) >= 11 is 1.67. The van der Waals surface area contributed by atoms with Crippen LogP contribution in [0.4, 0.5) is 0 Å². The van der Waals surface area contributed by atoms with E-state index in [0.29, 0.717) is 31.9 Å². The van der Waals surface area contributed by atoms with E-state index in [1.54, 1.807) is 22.2 Å². The van der Waals surface area contributed by atoms with Crippen molar-refractivity contribution in [2.75, 3.05) is 32.8 Å². The Hall–Kier alpha value is -2.98. The predicted octanol–water partition coefficient (Wildman–Crippen LogP) is 1.84. The van der Waals surface area contributed by atoms with Gasteiger partial charge in [0.1, 0.15) is 6.61 Å². The molecule has 1 fully saturated rings. The van der Waals surface area contributed by atoms with Crippen molar-refractivity contribution in [3.8, 4) is 11.5 Å².